The molecule has 0 aliphatic heterocycles. The second kappa shape index (κ2) is 15.0. The van der Waals surface area contributed by atoms with Crippen molar-refractivity contribution in [2.45, 2.75) is 83.3 Å². The number of aliphatic hydroxyl groups is 2. The van der Waals surface area contributed by atoms with E-state index in [2.05, 4.69) is 20.9 Å². The number of guanidine groups is 1. The highest BCUT2D eigenvalue weighted by Gasteiger charge is 2.35. The van der Waals surface area contributed by atoms with Gasteiger partial charge in [-0.3, -0.25) is 19.4 Å². The number of carboxylic acids is 1. The zero-order valence-electron chi connectivity index (χ0n) is 20.0. The molecule has 12 N–H and O–H groups in total. The van der Waals surface area contributed by atoms with Crippen molar-refractivity contribution in [3.8, 4) is 0 Å². The first kappa shape index (κ1) is 31.0. The van der Waals surface area contributed by atoms with Crippen LogP contribution in [-0.4, -0.2) is 87.9 Å². The topological polar surface area (TPSA) is 255 Å². The van der Waals surface area contributed by atoms with Crippen LogP contribution in [0.5, 0.6) is 0 Å². The van der Waals surface area contributed by atoms with Gasteiger partial charge in [0.05, 0.1) is 18.2 Å². The van der Waals surface area contributed by atoms with Crippen molar-refractivity contribution in [2.75, 3.05) is 6.54 Å². The standard InChI is InChI=1S/C20H39N7O7/c1-5-9(2)13(25-16(30)12(21)7-6-8-24-20(22)23)17(31)26-14(10(3)28)18(32)27-15(11(4)29)19(33)34/h9-15,28-29H,5-8,21H2,1-4H3,(H,25,30)(H,26,31)(H,27,32)(H,33,34)(H4,22,23,24). The van der Waals surface area contributed by atoms with E-state index in [1.165, 1.54) is 13.8 Å². The highest BCUT2D eigenvalue weighted by molar-refractivity contribution is 5.94. The Morgan fingerprint density at radius 2 is 1.32 bits per heavy atom. The van der Waals surface area contributed by atoms with E-state index in [9.17, 15) is 29.4 Å². The molecule has 0 aliphatic carbocycles. The summed E-state index contributed by atoms with van der Waals surface area (Å²) in [5.41, 5.74) is 16.4. The van der Waals surface area contributed by atoms with Crippen molar-refractivity contribution < 1.29 is 34.5 Å². The Hall–Kier alpha value is -2.97. The molecule has 196 valence electrons. The first-order chi connectivity index (χ1) is 15.7. The maximum absolute atomic E-state index is 12.9. The van der Waals surface area contributed by atoms with Crippen LogP contribution < -0.4 is 33.2 Å². The summed E-state index contributed by atoms with van der Waals surface area (Å²) in [5, 5.41) is 35.7. The molecule has 0 saturated carbocycles. The lowest BCUT2D eigenvalue weighted by atomic mass is 9.96. The molecule has 34 heavy (non-hydrogen) atoms. The quantitative estimate of drug-likeness (QED) is 0.0629. The highest BCUT2D eigenvalue weighted by Crippen LogP contribution is 2.10. The summed E-state index contributed by atoms with van der Waals surface area (Å²) < 4.78 is 0. The minimum Gasteiger partial charge on any atom is -0.480 e. The summed E-state index contributed by atoms with van der Waals surface area (Å²) in [4.78, 5) is 53.0. The number of nitrogens with one attached hydrogen (secondary N) is 3. The van der Waals surface area contributed by atoms with E-state index in [-0.39, 0.29) is 24.8 Å². The molecule has 0 spiro atoms. The number of rotatable bonds is 15. The lowest BCUT2D eigenvalue weighted by Crippen LogP contribution is -2.61. The van der Waals surface area contributed by atoms with Crippen molar-refractivity contribution in [2.24, 2.45) is 28.1 Å². The number of aliphatic hydroxyl groups excluding tert-OH is 2. The molecule has 0 aromatic carbocycles. The molecule has 3 amide bonds. The van der Waals surface area contributed by atoms with Crippen molar-refractivity contribution in [1.29, 1.82) is 0 Å². The Bertz CT molecular complexity index is 726. The highest BCUT2D eigenvalue weighted by atomic mass is 16.4. The predicted molar refractivity (Wildman–Crippen MR) is 124 cm³/mol. The Morgan fingerprint density at radius 3 is 1.76 bits per heavy atom. The summed E-state index contributed by atoms with van der Waals surface area (Å²) in [6.07, 6.45) is -1.64. The van der Waals surface area contributed by atoms with Gasteiger partial charge in [0.25, 0.3) is 0 Å². The number of nitrogens with zero attached hydrogens (tertiary/aromatic N) is 1. The van der Waals surface area contributed by atoms with E-state index >= 15 is 0 Å². The number of hydrogen-bond donors (Lipinski definition) is 9. The summed E-state index contributed by atoms with van der Waals surface area (Å²) in [7, 11) is 0. The molecule has 0 bridgehead atoms. The maximum Gasteiger partial charge on any atom is 0.328 e. The van der Waals surface area contributed by atoms with Crippen LogP contribution in [0.15, 0.2) is 4.99 Å². The predicted octanol–water partition coefficient (Wildman–Crippen LogP) is -3.29. The van der Waals surface area contributed by atoms with Crippen LogP contribution in [0.25, 0.3) is 0 Å². The van der Waals surface area contributed by atoms with Crippen molar-refractivity contribution in [3.63, 3.8) is 0 Å². The maximum atomic E-state index is 12.9. The second-order valence-corrected chi connectivity index (χ2v) is 8.22. The molecule has 14 heteroatoms. The number of hydrogen-bond acceptors (Lipinski definition) is 8. The van der Waals surface area contributed by atoms with Crippen LogP contribution in [0.4, 0.5) is 0 Å². The molecule has 0 aromatic heterocycles. The SMILES string of the molecule is CCC(C)C(NC(=O)C(N)CCCN=C(N)N)C(=O)NC(C(=O)NC(C(=O)O)C(C)O)C(C)O. The van der Waals surface area contributed by atoms with Gasteiger partial charge < -0.3 is 48.5 Å². The first-order valence-electron chi connectivity index (χ1n) is 11.0. The molecule has 0 fully saturated rings. The number of nitrogens with two attached hydrogens (primary N) is 3. The number of aliphatic imine (C=N–C) groups is 1. The smallest absolute Gasteiger partial charge is 0.328 e. The third-order valence-corrected chi connectivity index (χ3v) is 5.21. The van der Waals surface area contributed by atoms with Crippen LogP contribution in [-0.2, 0) is 19.2 Å². The molecule has 0 rings (SSSR count). The fourth-order valence-corrected chi connectivity index (χ4v) is 2.89. The van der Waals surface area contributed by atoms with Crippen LogP contribution in [0, 0.1) is 5.92 Å². The van der Waals surface area contributed by atoms with Crippen molar-refractivity contribution in [1.82, 2.24) is 16.0 Å². The van der Waals surface area contributed by atoms with Gasteiger partial charge in [0.15, 0.2) is 12.0 Å². The Morgan fingerprint density at radius 1 is 0.853 bits per heavy atom. The average molecular weight is 490 g/mol. The molecular formula is C20H39N7O7. The normalized spacial score (nSPS) is 17.1. The van der Waals surface area contributed by atoms with E-state index in [1.807, 2.05) is 0 Å². The van der Waals surface area contributed by atoms with Gasteiger partial charge in [0.1, 0.15) is 12.1 Å². The third kappa shape index (κ3) is 10.8. The van der Waals surface area contributed by atoms with E-state index in [1.54, 1.807) is 13.8 Å². The van der Waals surface area contributed by atoms with Gasteiger partial charge in [-0.05, 0) is 32.6 Å². The third-order valence-electron chi connectivity index (χ3n) is 5.21. The Balaban J connectivity index is 5.36. The fraction of sp³-hybridized carbons (Fsp3) is 0.750. The molecule has 0 saturated heterocycles. The van der Waals surface area contributed by atoms with Gasteiger partial charge in [-0.1, -0.05) is 20.3 Å². The zero-order chi connectivity index (χ0) is 26.6. The van der Waals surface area contributed by atoms with Gasteiger partial charge >= 0.3 is 5.97 Å². The summed E-state index contributed by atoms with van der Waals surface area (Å²) in [6.45, 7) is 6.19. The van der Waals surface area contributed by atoms with Gasteiger partial charge in [0, 0.05) is 6.54 Å². The second-order valence-electron chi connectivity index (χ2n) is 8.22. The lowest BCUT2D eigenvalue weighted by molar-refractivity contribution is -0.146. The van der Waals surface area contributed by atoms with E-state index in [4.69, 9.17) is 22.3 Å². The van der Waals surface area contributed by atoms with Crippen molar-refractivity contribution in [3.05, 3.63) is 0 Å². The number of amides is 3. The summed E-state index contributed by atoms with van der Waals surface area (Å²) in [5.74, 6) is -4.30. The van der Waals surface area contributed by atoms with E-state index < -0.39 is 60.1 Å². The molecule has 14 nitrogen and oxygen atoms in total. The average Bonchev–Trinajstić information content (AvgIpc) is 2.74. The minimum atomic E-state index is -1.65. The number of aliphatic carboxylic acids is 1. The fourth-order valence-electron chi connectivity index (χ4n) is 2.89. The number of carboxylic acid groups (broad SMARTS) is 1. The van der Waals surface area contributed by atoms with E-state index in [0.29, 0.717) is 12.8 Å². The van der Waals surface area contributed by atoms with Crippen molar-refractivity contribution >= 4 is 29.7 Å². The van der Waals surface area contributed by atoms with Crippen LogP contribution in [0.1, 0.15) is 47.0 Å². The van der Waals surface area contributed by atoms with Crippen LogP contribution in [0.2, 0.25) is 0 Å². The summed E-state index contributed by atoms with van der Waals surface area (Å²) in [6, 6.07) is -5.20. The van der Waals surface area contributed by atoms with Gasteiger partial charge in [0.2, 0.25) is 17.7 Å². The van der Waals surface area contributed by atoms with Gasteiger partial charge in [-0.25, -0.2) is 4.79 Å². The molecule has 0 aromatic rings. The zero-order valence-corrected chi connectivity index (χ0v) is 20.0. The summed E-state index contributed by atoms with van der Waals surface area (Å²) >= 11 is 0. The largest absolute Gasteiger partial charge is 0.480 e. The monoisotopic (exact) mass is 489 g/mol. The Kier molecular flexibility index (Phi) is 13.7. The minimum absolute atomic E-state index is 0.0775. The van der Waals surface area contributed by atoms with Gasteiger partial charge in [-0.15, -0.1) is 0 Å². The van der Waals surface area contributed by atoms with E-state index in [0.717, 1.165) is 0 Å². The molecule has 7 unspecified atom stereocenters. The molecule has 0 aliphatic rings. The molecular weight excluding hydrogens is 450 g/mol. The number of carbonyl (C=O) groups is 4. The molecule has 7 atom stereocenters. The van der Waals surface area contributed by atoms with Gasteiger partial charge in [-0.2, -0.15) is 0 Å². The lowest BCUT2D eigenvalue weighted by Gasteiger charge is -2.29. The number of carbonyl (C=O) groups excluding carboxylic acids is 3. The van der Waals surface area contributed by atoms with Crippen LogP contribution in [0.3, 0.4) is 0 Å². The molecule has 0 heterocycles. The Labute approximate surface area is 198 Å². The first-order valence-corrected chi connectivity index (χ1v) is 11.0. The molecule has 0 radical (unpaired) electrons. The van der Waals surface area contributed by atoms with Crippen LogP contribution >= 0.6 is 0 Å².